The SMILES string of the molecule is CCCOc1ccc2ccccc2c1/C=c1\sc2n(c1=O)[C@@H](c1ccccc1OCC)C(C(=O)OCC)=C(C)N=2. The van der Waals surface area contributed by atoms with Gasteiger partial charge in [0, 0.05) is 11.1 Å². The van der Waals surface area contributed by atoms with Crippen LogP contribution in [0.2, 0.25) is 0 Å². The molecule has 40 heavy (non-hydrogen) atoms. The summed E-state index contributed by atoms with van der Waals surface area (Å²) in [6.45, 7) is 8.71. The smallest absolute Gasteiger partial charge is 0.338 e. The summed E-state index contributed by atoms with van der Waals surface area (Å²) in [5.41, 5.74) is 2.13. The first-order chi connectivity index (χ1) is 19.5. The van der Waals surface area contributed by atoms with Gasteiger partial charge in [-0.05, 0) is 56.2 Å². The summed E-state index contributed by atoms with van der Waals surface area (Å²) >= 11 is 1.29. The van der Waals surface area contributed by atoms with Crippen molar-refractivity contribution < 1.29 is 19.0 Å². The van der Waals surface area contributed by atoms with Gasteiger partial charge >= 0.3 is 5.97 Å². The summed E-state index contributed by atoms with van der Waals surface area (Å²) in [7, 11) is 0. The van der Waals surface area contributed by atoms with E-state index >= 15 is 0 Å². The van der Waals surface area contributed by atoms with Crippen molar-refractivity contribution >= 4 is 34.2 Å². The van der Waals surface area contributed by atoms with E-state index < -0.39 is 12.0 Å². The van der Waals surface area contributed by atoms with Crippen molar-refractivity contribution in [3.05, 3.63) is 103 Å². The first-order valence-electron chi connectivity index (χ1n) is 13.5. The topological polar surface area (TPSA) is 79.1 Å². The van der Waals surface area contributed by atoms with E-state index in [9.17, 15) is 9.59 Å². The van der Waals surface area contributed by atoms with Crippen molar-refractivity contribution in [1.29, 1.82) is 0 Å². The second kappa shape index (κ2) is 11.9. The molecule has 0 saturated carbocycles. The molecule has 1 atom stereocenters. The van der Waals surface area contributed by atoms with E-state index in [4.69, 9.17) is 19.2 Å². The number of esters is 1. The van der Waals surface area contributed by atoms with Gasteiger partial charge in [-0.3, -0.25) is 9.36 Å². The minimum absolute atomic E-state index is 0.210. The van der Waals surface area contributed by atoms with Crippen LogP contribution in [0.3, 0.4) is 0 Å². The van der Waals surface area contributed by atoms with Crippen LogP contribution in [0.25, 0.3) is 16.8 Å². The Labute approximate surface area is 236 Å². The van der Waals surface area contributed by atoms with Gasteiger partial charge in [0.1, 0.15) is 17.5 Å². The van der Waals surface area contributed by atoms with Crippen LogP contribution in [0.5, 0.6) is 11.5 Å². The molecule has 8 heteroatoms. The van der Waals surface area contributed by atoms with E-state index in [0.717, 1.165) is 22.8 Å². The molecule has 0 aliphatic carbocycles. The molecule has 206 valence electrons. The lowest BCUT2D eigenvalue weighted by molar-refractivity contribution is -0.139. The summed E-state index contributed by atoms with van der Waals surface area (Å²) in [6, 6.07) is 18.7. The van der Waals surface area contributed by atoms with Gasteiger partial charge in [-0.25, -0.2) is 9.79 Å². The van der Waals surface area contributed by atoms with Crippen LogP contribution in [0.15, 0.2) is 81.7 Å². The fourth-order valence-electron chi connectivity index (χ4n) is 4.97. The van der Waals surface area contributed by atoms with Crippen LogP contribution in [0.1, 0.15) is 51.3 Å². The molecule has 0 N–H and O–H groups in total. The Balaban J connectivity index is 1.78. The third-order valence-electron chi connectivity index (χ3n) is 6.70. The second-order valence-electron chi connectivity index (χ2n) is 9.32. The highest BCUT2D eigenvalue weighted by Crippen LogP contribution is 2.36. The lowest BCUT2D eigenvalue weighted by atomic mass is 9.95. The zero-order chi connectivity index (χ0) is 28.2. The number of hydrogen-bond acceptors (Lipinski definition) is 7. The number of fused-ring (bicyclic) bond motifs is 2. The van der Waals surface area contributed by atoms with E-state index in [-0.39, 0.29) is 12.2 Å². The van der Waals surface area contributed by atoms with Gasteiger partial charge in [0.15, 0.2) is 4.80 Å². The van der Waals surface area contributed by atoms with Gasteiger partial charge in [0.05, 0.1) is 35.6 Å². The number of rotatable bonds is 9. The summed E-state index contributed by atoms with van der Waals surface area (Å²) in [5, 5.41) is 2.04. The number of para-hydroxylation sites is 1. The van der Waals surface area contributed by atoms with Crippen molar-refractivity contribution in [1.82, 2.24) is 4.57 Å². The zero-order valence-corrected chi connectivity index (χ0v) is 23.9. The largest absolute Gasteiger partial charge is 0.494 e. The normalized spacial score (nSPS) is 15.1. The molecule has 0 radical (unpaired) electrons. The number of allylic oxidation sites excluding steroid dienone is 1. The molecule has 4 aromatic rings. The van der Waals surface area contributed by atoms with Gasteiger partial charge in [0.2, 0.25) is 0 Å². The fourth-order valence-corrected chi connectivity index (χ4v) is 6.00. The standard InChI is InChI=1S/C32H32N2O5S/c1-5-18-39-26-17-16-21-12-8-9-13-22(21)24(26)19-27-30(35)34-29(23-14-10-11-15-25(23)37-6-2)28(31(36)38-7-3)20(4)33-32(34)40-27/h8-17,19,29H,5-7,18H2,1-4H3/b27-19-/t29-/m0/s1. The van der Waals surface area contributed by atoms with Gasteiger partial charge < -0.3 is 14.2 Å². The maximum absolute atomic E-state index is 14.2. The minimum atomic E-state index is -0.747. The van der Waals surface area contributed by atoms with Crippen molar-refractivity contribution in [2.75, 3.05) is 19.8 Å². The molecule has 0 amide bonds. The van der Waals surface area contributed by atoms with Crippen LogP contribution >= 0.6 is 11.3 Å². The number of carbonyl (C=O) groups excluding carboxylic acids is 1. The van der Waals surface area contributed by atoms with Gasteiger partial charge in [-0.15, -0.1) is 0 Å². The molecule has 0 unspecified atom stereocenters. The Morgan fingerprint density at radius 3 is 2.52 bits per heavy atom. The highest BCUT2D eigenvalue weighted by Gasteiger charge is 2.35. The predicted octanol–water partition coefficient (Wildman–Crippen LogP) is 5.14. The Morgan fingerprint density at radius 2 is 1.75 bits per heavy atom. The van der Waals surface area contributed by atoms with Crippen LogP contribution in [0.4, 0.5) is 0 Å². The van der Waals surface area contributed by atoms with Crippen LogP contribution < -0.4 is 24.4 Å². The Kier molecular flexibility index (Phi) is 8.16. The highest BCUT2D eigenvalue weighted by atomic mass is 32.1. The molecule has 0 bridgehead atoms. The number of benzene rings is 3. The summed E-state index contributed by atoms with van der Waals surface area (Å²) < 4.78 is 19.5. The number of ether oxygens (including phenoxy) is 3. The third kappa shape index (κ3) is 5.07. The lowest BCUT2D eigenvalue weighted by Gasteiger charge is -2.26. The maximum Gasteiger partial charge on any atom is 0.338 e. The van der Waals surface area contributed by atoms with Crippen molar-refractivity contribution in [2.45, 2.75) is 40.2 Å². The van der Waals surface area contributed by atoms with Crippen molar-refractivity contribution in [3.63, 3.8) is 0 Å². The zero-order valence-electron chi connectivity index (χ0n) is 23.1. The summed E-state index contributed by atoms with van der Waals surface area (Å²) in [6.07, 6.45) is 2.75. The molecule has 0 fully saturated rings. The quantitative estimate of drug-likeness (QED) is 0.267. The number of hydrogen-bond donors (Lipinski definition) is 0. The predicted molar refractivity (Wildman–Crippen MR) is 158 cm³/mol. The summed E-state index contributed by atoms with van der Waals surface area (Å²) in [5.74, 6) is 0.817. The fraction of sp³-hybridized carbons (Fsp3) is 0.281. The maximum atomic E-state index is 14.2. The molecule has 0 saturated heterocycles. The molecule has 1 aliphatic heterocycles. The van der Waals surface area contributed by atoms with Crippen LogP contribution in [-0.4, -0.2) is 30.4 Å². The third-order valence-corrected chi connectivity index (χ3v) is 7.68. The first kappa shape index (κ1) is 27.4. The van der Waals surface area contributed by atoms with Gasteiger partial charge in [-0.2, -0.15) is 0 Å². The molecular formula is C32H32N2O5S. The van der Waals surface area contributed by atoms with E-state index in [1.165, 1.54) is 11.3 Å². The van der Waals surface area contributed by atoms with Gasteiger partial charge in [0.25, 0.3) is 5.56 Å². The molecule has 1 aromatic heterocycles. The summed E-state index contributed by atoms with van der Waals surface area (Å²) in [4.78, 5) is 32.7. The lowest BCUT2D eigenvalue weighted by Crippen LogP contribution is -2.40. The molecule has 7 nitrogen and oxygen atoms in total. The van der Waals surface area contributed by atoms with E-state index in [1.807, 2.05) is 73.7 Å². The van der Waals surface area contributed by atoms with E-state index in [1.54, 1.807) is 18.4 Å². The Morgan fingerprint density at radius 1 is 0.975 bits per heavy atom. The van der Waals surface area contributed by atoms with E-state index in [0.29, 0.717) is 50.9 Å². The van der Waals surface area contributed by atoms with Crippen LogP contribution in [-0.2, 0) is 9.53 Å². The number of carbonyl (C=O) groups is 1. The van der Waals surface area contributed by atoms with Crippen LogP contribution in [0, 0.1) is 0 Å². The second-order valence-corrected chi connectivity index (χ2v) is 10.3. The number of thiazole rings is 1. The average Bonchev–Trinajstić information content (AvgIpc) is 3.26. The molecular weight excluding hydrogens is 524 g/mol. The van der Waals surface area contributed by atoms with Crippen molar-refractivity contribution in [2.24, 2.45) is 4.99 Å². The number of nitrogens with zero attached hydrogens (tertiary/aromatic N) is 2. The molecule has 2 heterocycles. The van der Waals surface area contributed by atoms with Gasteiger partial charge in [-0.1, -0.05) is 66.8 Å². The molecule has 5 rings (SSSR count). The number of aromatic nitrogens is 1. The first-order valence-corrected chi connectivity index (χ1v) is 14.4. The molecule has 0 spiro atoms. The highest BCUT2D eigenvalue weighted by molar-refractivity contribution is 7.07. The minimum Gasteiger partial charge on any atom is -0.494 e. The van der Waals surface area contributed by atoms with Crippen molar-refractivity contribution in [3.8, 4) is 11.5 Å². The van der Waals surface area contributed by atoms with E-state index in [2.05, 4.69) is 6.92 Å². The Bertz CT molecular complexity index is 1780. The molecule has 1 aliphatic rings. The monoisotopic (exact) mass is 556 g/mol. The Hall–Kier alpha value is -4.17. The molecule has 3 aromatic carbocycles. The average molecular weight is 557 g/mol.